The van der Waals surface area contributed by atoms with Gasteiger partial charge in [0.15, 0.2) is 0 Å². The highest BCUT2D eigenvalue weighted by atomic mass is 19.1. The lowest BCUT2D eigenvalue weighted by atomic mass is 9.97. The van der Waals surface area contributed by atoms with E-state index in [0.717, 1.165) is 5.56 Å². The summed E-state index contributed by atoms with van der Waals surface area (Å²) in [7, 11) is 3.06. The summed E-state index contributed by atoms with van der Waals surface area (Å²) in [4.78, 5) is 39.4. The molecule has 4 rings (SSSR count). The molecule has 3 aromatic rings. The van der Waals surface area contributed by atoms with E-state index in [9.17, 15) is 14.0 Å². The number of aryl methyl sites for hydroxylation is 1. The first-order valence-electron chi connectivity index (χ1n) is 14.8. The van der Waals surface area contributed by atoms with Crippen LogP contribution in [-0.2, 0) is 20.9 Å². The van der Waals surface area contributed by atoms with Crippen LogP contribution >= 0.6 is 0 Å². The van der Waals surface area contributed by atoms with Gasteiger partial charge in [-0.05, 0) is 43.5 Å². The van der Waals surface area contributed by atoms with Crippen molar-refractivity contribution in [1.82, 2.24) is 25.1 Å². The van der Waals surface area contributed by atoms with Crippen molar-refractivity contribution in [1.29, 1.82) is 0 Å². The lowest BCUT2D eigenvalue weighted by molar-refractivity contribution is -0.151. The summed E-state index contributed by atoms with van der Waals surface area (Å²) < 4.78 is 40.2. The van der Waals surface area contributed by atoms with E-state index in [1.165, 1.54) is 19.2 Å². The average molecular weight is 610 g/mol. The van der Waals surface area contributed by atoms with Crippen molar-refractivity contribution in [3.63, 3.8) is 0 Å². The topological polar surface area (TPSA) is 96.9 Å². The average Bonchev–Trinajstić information content (AvgIpc) is 3.01. The summed E-state index contributed by atoms with van der Waals surface area (Å²) in [5.41, 5.74) is 2.32. The van der Waals surface area contributed by atoms with Crippen LogP contribution in [0.5, 0.6) is 5.88 Å². The van der Waals surface area contributed by atoms with E-state index in [1.807, 2.05) is 25.7 Å². The number of nitrogens with one attached hydrogen (secondary N) is 1. The molecule has 2 amide bonds. The molecule has 236 valence electrons. The molecule has 0 spiro atoms. The van der Waals surface area contributed by atoms with Crippen molar-refractivity contribution in [2.24, 2.45) is 5.92 Å². The number of hydrogen-bond acceptors (Lipinski definition) is 7. The molecule has 1 aromatic carbocycles. The predicted octanol–water partition coefficient (Wildman–Crippen LogP) is 4.69. The normalized spacial score (nSPS) is 17.9. The van der Waals surface area contributed by atoms with Crippen molar-refractivity contribution >= 4 is 11.8 Å². The van der Waals surface area contributed by atoms with Crippen LogP contribution in [0.4, 0.5) is 8.78 Å². The molecule has 0 bridgehead atoms. The lowest BCUT2D eigenvalue weighted by Crippen LogP contribution is -2.65. The second-order valence-corrected chi connectivity index (χ2v) is 11.4. The van der Waals surface area contributed by atoms with E-state index in [0.29, 0.717) is 42.3 Å². The molecule has 3 heterocycles. The summed E-state index contributed by atoms with van der Waals surface area (Å²) in [6.45, 7) is 8.45. The Morgan fingerprint density at radius 2 is 1.80 bits per heavy atom. The van der Waals surface area contributed by atoms with Gasteiger partial charge in [0.05, 0.1) is 18.8 Å². The van der Waals surface area contributed by atoms with Gasteiger partial charge in [-0.2, -0.15) is 0 Å². The Morgan fingerprint density at radius 3 is 2.45 bits per heavy atom. The van der Waals surface area contributed by atoms with Gasteiger partial charge in [0, 0.05) is 63.1 Å². The van der Waals surface area contributed by atoms with Gasteiger partial charge in [0.2, 0.25) is 17.7 Å². The van der Waals surface area contributed by atoms with Gasteiger partial charge in [0.25, 0.3) is 0 Å². The van der Waals surface area contributed by atoms with Crippen LogP contribution in [0.25, 0.3) is 11.3 Å². The molecule has 44 heavy (non-hydrogen) atoms. The number of benzene rings is 1. The highest BCUT2D eigenvalue weighted by molar-refractivity contribution is 5.89. The molecule has 9 nitrogen and oxygen atoms in total. The molecule has 1 fully saturated rings. The number of hydrogen-bond donors (Lipinski definition) is 1. The van der Waals surface area contributed by atoms with Crippen molar-refractivity contribution in [3.8, 4) is 17.1 Å². The SMILES string of the molecule is COCCC(c1nccc(C)c1F)N1CC(C)N(C(=O)C(C)C)C(C(=O)NCc2ccc(-c3nc(OC)ccc3F)cc2)C1. The zero-order valence-corrected chi connectivity index (χ0v) is 26.1. The van der Waals surface area contributed by atoms with Crippen molar-refractivity contribution in [2.45, 2.75) is 58.8 Å². The van der Waals surface area contributed by atoms with Crippen LogP contribution in [0.15, 0.2) is 48.7 Å². The summed E-state index contributed by atoms with van der Waals surface area (Å²) in [5.74, 6) is -1.29. The van der Waals surface area contributed by atoms with Crippen molar-refractivity contribution in [3.05, 3.63) is 77.1 Å². The Hall–Kier alpha value is -3.96. The molecule has 0 aliphatic carbocycles. The fourth-order valence-corrected chi connectivity index (χ4v) is 5.59. The number of halogens is 2. The molecule has 1 N–H and O–H groups in total. The third kappa shape index (κ3) is 7.39. The maximum Gasteiger partial charge on any atom is 0.244 e. The van der Waals surface area contributed by atoms with Crippen molar-refractivity contribution in [2.75, 3.05) is 33.9 Å². The highest BCUT2D eigenvalue weighted by Gasteiger charge is 2.42. The first-order chi connectivity index (χ1) is 21.0. The van der Waals surface area contributed by atoms with Crippen LogP contribution in [-0.4, -0.2) is 77.6 Å². The Kier molecular flexibility index (Phi) is 11.0. The Labute approximate surface area is 257 Å². The summed E-state index contributed by atoms with van der Waals surface area (Å²) >= 11 is 0. The fraction of sp³-hybridized carbons (Fsp3) is 0.455. The number of rotatable bonds is 11. The fourth-order valence-electron chi connectivity index (χ4n) is 5.59. The number of pyridine rings is 2. The summed E-state index contributed by atoms with van der Waals surface area (Å²) in [6, 6.07) is 9.87. The first kappa shape index (κ1) is 32.9. The molecular formula is C33H41F2N5O4. The zero-order chi connectivity index (χ0) is 32.0. The van der Waals surface area contributed by atoms with Crippen LogP contribution < -0.4 is 10.1 Å². The number of nitrogens with zero attached hydrogens (tertiary/aromatic N) is 4. The molecule has 11 heteroatoms. The third-order valence-electron chi connectivity index (χ3n) is 7.95. The van der Waals surface area contributed by atoms with E-state index in [2.05, 4.69) is 15.3 Å². The number of piperazine rings is 1. The molecular weight excluding hydrogens is 568 g/mol. The van der Waals surface area contributed by atoms with Crippen LogP contribution in [0.1, 0.15) is 50.1 Å². The molecule has 2 aromatic heterocycles. The highest BCUT2D eigenvalue weighted by Crippen LogP contribution is 2.31. The second kappa shape index (κ2) is 14.7. The number of ether oxygens (including phenoxy) is 2. The number of carbonyl (C=O) groups is 2. The smallest absolute Gasteiger partial charge is 0.244 e. The monoisotopic (exact) mass is 609 g/mol. The maximum atomic E-state index is 15.3. The predicted molar refractivity (Wildman–Crippen MR) is 163 cm³/mol. The lowest BCUT2D eigenvalue weighted by Gasteiger charge is -2.47. The first-order valence-corrected chi connectivity index (χ1v) is 14.8. The van der Waals surface area contributed by atoms with Gasteiger partial charge in [-0.15, -0.1) is 0 Å². The Morgan fingerprint density at radius 1 is 1.07 bits per heavy atom. The molecule has 1 aliphatic heterocycles. The molecule has 0 saturated carbocycles. The van der Waals surface area contributed by atoms with E-state index < -0.39 is 17.9 Å². The maximum absolute atomic E-state index is 15.3. The molecule has 3 unspecified atom stereocenters. The summed E-state index contributed by atoms with van der Waals surface area (Å²) in [5, 5.41) is 2.98. The summed E-state index contributed by atoms with van der Waals surface area (Å²) in [6.07, 6.45) is 2.06. The minimum absolute atomic E-state index is 0.122. The van der Waals surface area contributed by atoms with Gasteiger partial charge in [-0.3, -0.25) is 19.5 Å². The number of methoxy groups -OCH3 is 2. The number of carbonyl (C=O) groups excluding carboxylic acids is 2. The molecule has 1 saturated heterocycles. The molecule has 1 aliphatic rings. The van der Waals surface area contributed by atoms with Crippen molar-refractivity contribution < 1.29 is 27.8 Å². The van der Waals surface area contributed by atoms with Gasteiger partial charge < -0.3 is 19.7 Å². The Bertz CT molecular complexity index is 1450. The third-order valence-corrected chi connectivity index (χ3v) is 7.95. The minimum Gasteiger partial charge on any atom is -0.481 e. The standard InChI is InChI=1S/C33H41F2N5O4/c1-20(2)33(42)40-22(4)18-39(26(14-16-43-5)31-29(35)21(3)13-15-36-31)19-27(40)32(41)37-17-23-7-9-24(10-8-23)30-25(34)11-12-28(38-30)44-6/h7-13,15,20,22,26-27H,14,16-19H2,1-6H3,(H,37,41). The van der Waals surface area contributed by atoms with E-state index in [-0.39, 0.29) is 48.4 Å². The van der Waals surface area contributed by atoms with E-state index >= 15 is 4.39 Å². The van der Waals surface area contributed by atoms with Gasteiger partial charge in [-0.1, -0.05) is 38.1 Å². The van der Waals surface area contributed by atoms with Crippen LogP contribution in [0.3, 0.4) is 0 Å². The Balaban J connectivity index is 1.56. The van der Waals surface area contributed by atoms with Crippen LogP contribution in [0.2, 0.25) is 0 Å². The molecule has 0 radical (unpaired) electrons. The van der Waals surface area contributed by atoms with Gasteiger partial charge in [0.1, 0.15) is 23.4 Å². The van der Waals surface area contributed by atoms with Gasteiger partial charge >= 0.3 is 0 Å². The second-order valence-electron chi connectivity index (χ2n) is 11.4. The minimum atomic E-state index is -0.805. The van der Waals surface area contributed by atoms with E-state index in [4.69, 9.17) is 9.47 Å². The largest absolute Gasteiger partial charge is 0.481 e. The van der Waals surface area contributed by atoms with E-state index in [1.54, 1.807) is 55.5 Å². The number of amides is 2. The van der Waals surface area contributed by atoms with Gasteiger partial charge in [-0.25, -0.2) is 13.8 Å². The molecule has 3 atom stereocenters. The quantitative estimate of drug-likeness (QED) is 0.337. The van der Waals surface area contributed by atoms with Crippen LogP contribution in [0, 0.1) is 24.5 Å². The zero-order valence-electron chi connectivity index (χ0n) is 26.1. The number of aromatic nitrogens is 2.